The van der Waals surface area contributed by atoms with E-state index in [0.717, 1.165) is 41.9 Å². The Kier molecular flexibility index (Phi) is 11.5. The molecular weight excluding hydrogens is 562 g/mol. The number of thioether (sulfide) groups is 1. The maximum Gasteiger partial charge on any atom is 0.328 e. The molecule has 0 fully saturated rings. The van der Waals surface area contributed by atoms with E-state index in [-0.39, 0.29) is 5.76 Å². The van der Waals surface area contributed by atoms with Crippen molar-refractivity contribution >= 4 is 29.3 Å². The van der Waals surface area contributed by atoms with Gasteiger partial charge in [-0.05, 0) is 78.9 Å². The maximum absolute atomic E-state index is 12.8. The molecule has 2 heterocycles. The predicted molar refractivity (Wildman–Crippen MR) is 169 cm³/mol. The fourth-order valence-electron chi connectivity index (χ4n) is 4.66. The Morgan fingerprint density at radius 2 is 1.91 bits per heavy atom. The zero-order valence-corrected chi connectivity index (χ0v) is 25.6. The summed E-state index contributed by atoms with van der Waals surface area (Å²) >= 11 is 1.59. The topological polar surface area (TPSA) is 113 Å². The number of nitriles is 1. The number of ether oxygens (including phenoxy) is 1. The number of aromatic nitrogens is 2. The molecule has 4 aromatic rings. The molecule has 0 aliphatic heterocycles. The molecule has 4 rings (SSSR count). The van der Waals surface area contributed by atoms with Crippen LogP contribution in [-0.4, -0.2) is 53.1 Å². The molecule has 0 spiro atoms. The largest absolute Gasteiger partial charge is 0.467 e. The third-order valence-electron chi connectivity index (χ3n) is 7.12. The summed E-state index contributed by atoms with van der Waals surface area (Å²) in [6.07, 6.45) is 8.28. The standard InChI is InChI=1S/C33H37N5O4S/c1-4-5-17-37(22-28-20-35-23-38(28)21-25-8-6-24(19-34)7-9-25)27-12-10-26(11-13-27)30-14-15-31(42-30)32(39)36-29(16-18-43-3)33(40)41-2/h6-15,20,23,29H,4-5,16-18,21-22H2,1-3H3,(H,36,39). The molecule has 0 bridgehead atoms. The molecule has 1 unspecified atom stereocenters. The Morgan fingerprint density at radius 1 is 1.14 bits per heavy atom. The third-order valence-corrected chi connectivity index (χ3v) is 7.76. The number of amides is 1. The lowest BCUT2D eigenvalue weighted by Gasteiger charge is -2.25. The van der Waals surface area contributed by atoms with Gasteiger partial charge in [-0.2, -0.15) is 17.0 Å². The molecule has 2 aromatic heterocycles. The molecule has 2 aromatic carbocycles. The van der Waals surface area contributed by atoms with Gasteiger partial charge in [0.15, 0.2) is 5.76 Å². The second-order valence-corrected chi connectivity index (χ2v) is 11.1. The molecule has 224 valence electrons. The van der Waals surface area contributed by atoms with Gasteiger partial charge in [0.05, 0.1) is 37.3 Å². The van der Waals surface area contributed by atoms with Crippen LogP contribution in [0, 0.1) is 11.3 Å². The van der Waals surface area contributed by atoms with Crippen LogP contribution in [-0.2, 0) is 22.6 Å². The average Bonchev–Trinajstić information content (AvgIpc) is 3.71. The van der Waals surface area contributed by atoms with Crippen LogP contribution in [0.4, 0.5) is 5.69 Å². The first-order valence-electron chi connectivity index (χ1n) is 14.3. The summed E-state index contributed by atoms with van der Waals surface area (Å²) in [5.41, 5.74) is 4.76. The van der Waals surface area contributed by atoms with Crippen molar-refractivity contribution in [3.05, 3.63) is 95.8 Å². The minimum Gasteiger partial charge on any atom is -0.467 e. The Morgan fingerprint density at radius 3 is 2.58 bits per heavy atom. The van der Waals surface area contributed by atoms with Crippen molar-refractivity contribution in [2.75, 3.05) is 30.6 Å². The molecule has 10 heteroatoms. The summed E-state index contributed by atoms with van der Waals surface area (Å²) in [5, 5.41) is 11.8. The number of anilines is 1. The molecule has 9 nitrogen and oxygen atoms in total. The number of furan rings is 1. The number of hydrogen-bond acceptors (Lipinski definition) is 8. The van der Waals surface area contributed by atoms with Crippen molar-refractivity contribution in [1.82, 2.24) is 14.9 Å². The zero-order valence-electron chi connectivity index (χ0n) is 24.8. The van der Waals surface area contributed by atoms with E-state index in [9.17, 15) is 9.59 Å². The van der Waals surface area contributed by atoms with E-state index < -0.39 is 17.9 Å². The second-order valence-electron chi connectivity index (χ2n) is 10.1. The summed E-state index contributed by atoms with van der Waals surface area (Å²) in [6.45, 7) is 4.44. The molecular formula is C33H37N5O4S. The first-order valence-corrected chi connectivity index (χ1v) is 15.7. The van der Waals surface area contributed by atoms with Crippen LogP contribution < -0.4 is 10.2 Å². The Hall–Kier alpha value is -4.49. The first kappa shape index (κ1) is 31.4. The Labute approximate surface area is 256 Å². The number of benzene rings is 2. The fourth-order valence-corrected chi connectivity index (χ4v) is 5.13. The highest BCUT2D eigenvalue weighted by molar-refractivity contribution is 7.98. The minimum atomic E-state index is -0.729. The van der Waals surface area contributed by atoms with Gasteiger partial charge in [0.2, 0.25) is 0 Å². The van der Waals surface area contributed by atoms with Gasteiger partial charge >= 0.3 is 5.97 Å². The number of methoxy groups -OCH3 is 1. The maximum atomic E-state index is 12.8. The van der Waals surface area contributed by atoms with E-state index in [1.165, 1.54) is 7.11 Å². The van der Waals surface area contributed by atoms with E-state index in [2.05, 4.69) is 44.9 Å². The second kappa shape index (κ2) is 15.7. The Balaban J connectivity index is 1.45. The van der Waals surface area contributed by atoms with Crippen molar-refractivity contribution < 1.29 is 18.7 Å². The van der Waals surface area contributed by atoms with Crippen LogP contribution in [0.3, 0.4) is 0 Å². The number of imidazole rings is 1. The van der Waals surface area contributed by atoms with Crippen LogP contribution in [0.15, 0.2) is 77.6 Å². The van der Waals surface area contributed by atoms with Gasteiger partial charge in [-0.25, -0.2) is 9.78 Å². The van der Waals surface area contributed by atoms with Crippen LogP contribution >= 0.6 is 11.8 Å². The summed E-state index contributed by atoms with van der Waals surface area (Å²) in [7, 11) is 1.31. The van der Waals surface area contributed by atoms with Crippen molar-refractivity contribution in [3.8, 4) is 17.4 Å². The van der Waals surface area contributed by atoms with Crippen molar-refractivity contribution in [1.29, 1.82) is 5.26 Å². The van der Waals surface area contributed by atoms with Crippen molar-refractivity contribution in [2.24, 2.45) is 0 Å². The molecule has 0 aliphatic rings. The van der Waals surface area contributed by atoms with E-state index in [1.807, 2.05) is 55.2 Å². The van der Waals surface area contributed by atoms with E-state index >= 15 is 0 Å². The van der Waals surface area contributed by atoms with Gasteiger partial charge in [0.1, 0.15) is 11.8 Å². The number of nitrogens with zero attached hydrogens (tertiary/aromatic N) is 4. The summed E-state index contributed by atoms with van der Waals surface area (Å²) in [6, 6.07) is 20.5. The van der Waals surface area contributed by atoms with E-state index in [1.54, 1.807) is 23.9 Å². The van der Waals surface area contributed by atoms with Crippen LogP contribution in [0.1, 0.15) is 53.6 Å². The van der Waals surface area contributed by atoms with Gasteiger partial charge in [-0.3, -0.25) is 4.79 Å². The average molecular weight is 600 g/mol. The van der Waals surface area contributed by atoms with Gasteiger partial charge in [-0.15, -0.1) is 0 Å². The first-order chi connectivity index (χ1) is 20.9. The molecule has 0 aliphatic carbocycles. The number of esters is 1. The van der Waals surface area contributed by atoms with Crippen molar-refractivity contribution in [2.45, 2.75) is 45.3 Å². The van der Waals surface area contributed by atoms with Gasteiger partial charge in [0.25, 0.3) is 5.91 Å². The molecule has 0 saturated heterocycles. The number of carbonyl (C=O) groups is 2. The highest BCUT2D eigenvalue weighted by atomic mass is 32.2. The van der Waals surface area contributed by atoms with Crippen LogP contribution in [0.5, 0.6) is 0 Å². The number of carbonyl (C=O) groups excluding carboxylic acids is 2. The minimum absolute atomic E-state index is 0.136. The summed E-state index contributed by atoms with van der Waals surface area (Å²) in [4.78, 5) is 31.6. The lowest BCUT2D eigenvalue weighted by Crippen LogP contribution is -2.41. The number of rotatable bonds is 15. The fraction of sp³-hybridized carbons (Fsp3) is 0.333. The van der Waals surface area contributed by atoms with Gasteiger partial charge < -0.3 is 23.9 Å². The van der Waals surface area contributed by atoms with Crippen molar-refractivity contribution in [3.63, 3.8) is 0 Å². The van der Waals surface area contributed by atoms with Gasteiger partial charge in [0, 0.05) is 30.5 Å². The molecule has 0 radical (unpaired) electrons. The third kappa shape index (κ3) is 8.52. The monoisotopic (exact) mass is 599 g/mol. The lowest BCUT2D eigenvalue weighted by atomic mass is 10.1. The molecule has 43 heavy (non-hydrogen) atoms. The quantitative estimate of drug-likeness (QED) is 0.168. The van der Waals surface area contributed by atoms with E-state index in [0.29, 0.717) is 36.6 Å². The predicted octanol–water partition coefficient (Wildman–Crippen LogP) is 5.89. The molecule has 1 atom stereocenters. The highest BCUT2D eigenvalue weighted by Gasteiger charge is 2.23. The zero-order chi connectivity index (χ0) is 30.6. The van der Waals surface area contributed by atoms with E-state index in [4.69, 9.17) is 14.4 Å². The molecule has 0 saturated carbocycles. The SMILES string of the molecule is CCCCN(Cc1cncn1Cc1ccc(C#N)cc1)c1ccc(-c2ccc(C(=O)NC(CCSC)C(=O)OC)o2)cc1. The number of nitrogens with one attached hydrogen (secondary N) is 1. The summed E-state index contributed by atoms with van der Waals surface area (Å²) < 4.78 is 12.8. The highest BCUT2D eigenvalue weighted by Crippen LogP contribution is 2.27. The van der Waals surface area contributed by atoms with Crippen LogP contribution in [0.2, 0.25) is 0 Å². The molecule has 1 N–H and O–H groups in total. The summed E-state index contributed by atoms with van der Waals surface area (Å²) in [5.74, 6) is 0.482. The molecule has 1 amide bonds. The smallest absolute Gasteiger partial charge is 0.328 e. The Bertz CT molecular complexity index is 1520. The van der Waals surface area contributed by atoms with Gasteiger partial charge in [-0.1, -0.05) is 25.5 Å². The number of hydrogen-bond donors (Lipinski definition) is 1. The normalized spacial score (nSPS) is 11.5. The number of unbranched alkanes of at least 4 members (excludes halogenated alkanes) is 1. The van der Waals surface area contributed by atoms with Crippen LogP contribution in [0.25, 0.3) is 11.3 Å². The lowest BCUT2D eigenvalue weighted by molar-refractivity contribution is -0.142.